The van der Waals surface area contributed by atoms with Crippen LogP contribution in [0.1, 0.15) is 92.3 Å². The first kappa shape index (κ1) is 30.9. The third kappa shape index (κ3) is 4.63. The Balaban J connectivity index is 1.19. The van der Waals surface area contributed by atoms with E-state index in [0.29, 0.717) is 59.9 Å². The molecule has 256 valence electrons. The van der Waals surface area contributed by atoms with Crippen LogP contribution in [0.15, 0.2) is 22.9 Å². The second-order valence-electron chi connectivity index (χ2n) is 15.3. The number of nitrogens with one attached hydrogen (secondary N) is 1. The molecular formula is C36H42F2N10O. The second-order valence-corrected chi connectivity index (χ2v) is 15.3. The molecule has 0 radical (unpaired) electrons. The van der Waals surface area contributed by atoms with Gasteiger partial charge in [0.05, 0.1) is 28.6 Å². The number of nitriles is 1. The number of likely N-dealkylation sites (tertiary alicyclic amines) is 1. The zero-order valence-electron chi connectivity index (χ0n) is 28.1. The first-order valence-electron chi connectivity index (χ1n) is 17.8. The molecule has 0 amide bonds. The summed E-state index contributed by atoms with van der Waals surface area (Å²) in [5.74, 6) is -0.721. The maximum absolute atomic E-state index is 14.2. The number of alkyl halides is 2. The average Bonchev–Trinajstić information content (AvgIpc) is 3.82. The molecule has 2 saturated heterocycles. The summed E-state index contributed by atoms with van der Waals surface area (Å²) in [6.45, 7) is 4.87. The van der Waals surface area contributed by atoms with Crippen LogP contribution >= 0.6 is 0 Å². The minimum atomic E-state index is -2.65. The lowest BCUT2D eigenvalue weighted by Crippen LogP contribution is -2.70. The van der Waals surface area contributed by atoms with Crippen LogP contribution in [0, 0.1) is 11.3 Å². The van der Waals surface area contributed by atoms with Crippen LogP contribution in [-0.2, 0) is 18.3 Å². The fraction of sp³-hybridized carbons (Fsp3) is 0.583. The summed E-state index contributed by atoms with van der Waals surface area (Å²) in [5, 5.41) is 24.0. The van der Waals surface area contributed by atoms with Gasteiger partial charge in [-0.1, -0.05) is 11.2 Å². The van der Waals surface area contributed by atoms with Crippen LogP contribution < -0.4 is 16.0 Å². The van der Waals surface area contributed by atoms with Crippen molar-refractivity contribution in [1.29, 1.82) is 5.26 Å². The number of hydrogen-bond donors (Lipinski definition) is 2. The quantitative estimate of drug-likeness (QED) is 0.282. The van der Waals surface area contributed by atoms with Gasteiger partial charge in [-0.05, 0) is 89.1 Å². The van der Waals surface area contributed by atoms with E-state index >= 15 is 0 Å². The smallest absolute Gasteiger partial charge is 0.251 e. The van der Waals surface area contributed by atoms with E-state index < -0.39 is 16.9 Å². The lowest BCUT2D eigenvalue weighted by atomic mass is 9.61. The lowest BCUT2D eigenvalue weighted by molar-refractivity contribution is -0.133. The van der Waals surface area contributed by atoms with Crippen molar-refractivity contribution in [3.63, 3.8) is 0 Å². The predicted molar refractivity (Wildman–Crippen MR) is 181 cm³/mol. The number of benzene rings is 1. The van der Waals surface area contributed by atoms with Crippen LogP contribution in [0.3, 0.4) is 0 Å². The van der Waals surface area contributed by atoms with Gasteiger partial charge in [0.1, 0.15) is 11.9 Å². The molecule has 3 atom stereocenters. The first-order valence-corrected chi connectivity index (χ1v) is 17.8. The summed E-state index contributed by atoms with van der Waals surface area (Å²) in [4.78, 5) is 14.9. The molecule has 5 heterocycles. The number of hydrogen-bond acceptors (Lipinski definition) is 10. The van der Waals surface area contributed by atoms with Crippen molar-refractivity contribution < 1.29 is 13.3 Å². The van der Waals surface area contributed by atoms with Crippen molar-refractivity contribution >= 4 is 22.5 Å². The van der Waals surface area contributed by atoms with E-state index in [9.17, 15) is 14.0 Å². The highest BCUT2D eigenvalue weighted by molar-refractivity contribution is 5.89. The lowest BCUT2D eigenvalue weighted by Gasteiger charge is -2.53. The Morgan fingerprint density at radius 3 is 2.69 bits per heavy atom. The van der Waals surface area contributed by atoms with E-state index in [1.807, 2.05) is 16.9 Å². The van der Waals surface area contributed by atoms with E-state index in [4.69, 9.17) is 30.5 Å². The number of likely N-dealkylation sites (N-methyl/N-ethyl adjacent to an activating group) is 1. The van der Waals surface area contributed by atoms with Gasteiger partial charge in [0.15, 0.2) is 22.9 Å². The van der Waals surface area contributed by atoms with Crippen LogP contribution in [0.5, 0.6) is 0 Å². The Labute approximate surface area is 283 Å². The molecule has 49 heavy (non-hydrogen) atoms. The molecule has 3 fully saturated rings. The zero-order chi connectivity index (χ0) is 33.7. The van der Waals surface area contributed by atoms with Crippen molar-refractivity contribution in [3.8, 4) is 17.6 Å². The summed E-state index contributed by atoms with van der Waals surface area (Å²) in [6.07, 6.45) is 8.89. The highest BCUT2D eigenvalue weighted by Crippen LogP contribution is 2.53. The van der Waals surface area contributed by atoms with Crippen molar-refractivity contribution in [2.24, 2.45) is 0 Å². The summed E-state index contributed by atoms with van der Waals surface area (Å²) >= 11 is 0. The van der Waals surface area contributed by atoms with E-state index in [-0.39, 0.29) is 18.9 Å². The molecule has 3 aromatic heterocycles. The van der Waals surface area contributed by atoms with Crippen LogP contribution in [0.2, 0.25) is 0 Å². The van der Waals surface area contributed by atoms with Gasteiger partial charge in [0.2, 0.25) is 0 Å². The molecule has 4 aromatic rings. The number of nitrogens with zero attached hydrogens (tertiary/aromatic N) is 8. The van der Waals surface area contributed by atoms with Gasteiger partial charge < -0.3 is 25.4 Å². The summed E-state index contributed by atoms with van der Waals surface area (Å²) in [5.41, 5.74) is 10.7. The Kier molecular flexibility index (Phi) is 6.88. The maximum Gasteiger partial charge on any atom is 0.251 e. The topological polar surface area (TPSA) is 138 Å². The highest BCUT2D eigenvalue weighted by Gasteiger charge is 2.58. The molecule has 0 bridgehead atoms. The van der Waals surface area contributed by atoms with Gasteiger partial charge in [-0.3, -0.25) is 0 Å². The SMILES string of the molecule is C[C@@H]([C@@H]1CCCN1C)n1ncc2c(N3CCNC4(C3)CC(F)(F)C4)nc(-c3noc4c3CCC[C@@]43CCCc4ccc(N)c(C#N)c43)nc21. The first-order chi connectivity index (χ1) is 23.6. The average molecular weight is 669 g/mol. The predicted octanol–water partition coefficient (Wildman–Crippen LogP) is 5.13. The number of anilines is 2. The fourth-order valence-electron chi connectivity index (χ4n) is 10.1. The highest BCUT2D eigenvalue weighted by atomic mass is 19.3. The molecule has 13 heteroatoms. The normalized spacial score (nSPS) is 26.4. The molecular weight excluding hydrogens is 626 g/mol. The Morgan fingerprint density at radius 1 is 1.12 bits per heavy atom. The van der Waals surface area contributed by atoms with Crippen molar-refractivity contribution in [2.45, 2.75) is 100 Å². The number of nitrogens with two attached hydrogens (primary N) is 1. The summed E-state index contributed by atoms with van der Waals surface area (Å²) < 4.78 is 36.8. The molecule has 3 aliphatic carbocycles. The van der Waals surface area contributed by atoms with E-state index in [1.54, 1.807) is 0 Å². The minimum Gasteiger partial charge on any atom is -0.398 e. The number of aryl methyl sites for hydroxylation is 1. The minimum absolute atomic E-state index is 0.0587. The molecule has 9 rings (SSSR count). The third-order valence-corrected chi connectivity index (χ3v) is 12.3. The number of nitrogen functional groups attached to an aromatic ring is 1. The van der Waals surface area contributed by atoms with Crippen molar-refractivity contribution in [2.75, 3.05) is 43.9 Å². The number of fused-ring (bicyclic) bond motifs is 5. The molecule has 2 aliphatic heterocycles. The van der Waals surface area contributed by atoms with E-state index in [1.165, 1.54) is 0 Å². The molecule has 0 unspecified atom stereocenters. The number of aromatic nitrogens is 5. The molecule has 1 saturated carbocycles. The van der Waals surface area contributed by atoms with Gasteiger partial charge in [0.25, 0.3) is 5.92 Å². The Bertz CT molecular complexity index is 2000. The molecule has 11 nitrogen and oxygen atoms in total. The molecule has 3 N–H and O–H groups in total. The number of halogens is 2. The maximum atomic E-state index is 14.2. The Hall–Kier alpha value is -4.15. The second kappa shape index (κ2) is 10.9. The van der Waals surface area contributed by atoms with E-state index in [2.05, 4.69) is 41.2 Å². The molecule has 1 aromatic carbocycles. The standard InChI is InChI=1S/C36H42F2N10O/c1-21(27-8-5-14-46(27)2)48-33-25(17-42-48)32(47-15-13-41-34(20-47)18-36(37,38)19-34)43-31(44-33)29-23-7-4-12-35(30(23)49-45-29)11-3-6-22-9-10-26(40)24(16-39)28(22)35/h9-10,17,21,27,41H,3-8,11-15,18-20,40H2,1-2H3/t21-,27-,35+/m0/s1. The third-order valence-electron chi connectivity index (χ3n) is 12.3. The fourth-order valence-corrected chi connectivity index (χ4v) is 10.1. The monoisotopic (exact) mass is 668 g/mol. The van der Waals surface area contributed by atoms with Gasteiger partial charge in [-0.25, -0.2) is 23.4 Å². The largest absolute Gasteiger partial charge is 0.398 e. The van der Waals surface area contributed by atoms with Crippen LogP contribution in [0.25, 0.3) is 22.6 Å². The van der Waals surface area contributed by atoms with E-state index in [0.717, 1.165) is 85.7 Å². The number of rotatable bonds is 4. The van der Waals surface area contributed by atoms with Gasteiger partial charge >= 0.3 is 0 Å². The van der Waals surface area contributed by atoms with Crippen molar-refractivity contribution in [1.82, 2.24) is 35.1 Å². The van der Waals surface area contributed by atoms with Gasteiger partial charge in [-0.15, -0.1) is 0 Å². The molecule has 5 aliphatic rings. The van der Waals surface area contributed by atoms with Crippen LogP contribution in [0.4, 0.5) is 20.3 Å². The van der Waals surface area contributed by atoms with Crippen molar-refractivity contribution in [3.05, 3.63) is 46.3 Å². The molecule has 2 spiro atoms. The zero-order valence-corrected chi connectivity index (χ0v) is 28.1. The summed E-state index contributed by atoms with van der Waals surface area (Å²) in [6, 6.07) is 6.68. The summed E-state index contributed by atoms with van der Waals surface area (Å²) in [7, 11) is 2.16. The van der Waals surface area contributed by atoms with Crippen LogP contribution in [-0.4, -0.2) is 80.5 Å². The van der Waals surface area contributed by atoms with Gasteiger partial charge in [-0.2, -0.15) is 10.4 Å². The Morgan fingerprint density at radius 2 is 1.94 bits per heavy atom. The van der Waals surface area contributed by atoms with Gasteiger partial charge in [0, 0.05) is 55.3 Å². The number of piperazine rings is 1.